The van der Waals surface area contributed by atoms with Gasteiger partial charge in [0.15, 0.2) is 5.49 Å². The van der Waals surface area contributed by atoms with Crippen LogP contribution in [0.25, 0.3) is 22.8 Å². The number of fused-ring (bicyclic) bond motifs is 2. The minimum atomic E-state index is -0.539. The normalized spacial score (nSPS) is 12.2. The van der Waals surface area contributed by atoms with Crippen LogP contribution in [0.1, 0.15) is 31.0 Å². The van der Waals surface area contributed by atoms with Gasteiger partial charge in [-0.15, -0.1) is 0 Å². The van der Waals surface area contributed by atoms with Crippen LogP contribution in [0.4, 0.5) is 0 Å². The van der Waals surface area contributed by atoms with Gasteiger partial charge in [0.05, 0.1) is 10.9 Å². The Hall–Kier alpha value is -4.02. The molecular weight excluding hydrogens is 426 g/mol. The largest absolute Gasteiger partial charge is 0.306 e. The highest BCUT2D eigenvalue weighted by atomic mass is 35.5. The molecule has 0 saturated carbocycles. The second kappa shape index (κ2) is 8.61. The fourth-order valence-corrected chi connectivity index (χ4v) is 3.53. The summed E-state index contributed by atoms with van der Waals surface area (Å²) in [7, 11) is 0. The zero-order valence-corrected chi connectivity index (χ0v) is 18.1. The molecular formula is C24H18ClN5O2. The molecule has 8 heteroatoms. The number of carbonyl (C=O) groups excluding carboxylic acids is 1. The maximum Gasteiger partial charge on any atom is 0.271 e. The van der Waals surface area contributed by atoms with Gasteiger partial charge in [-0.25, -0.2) is 4.98 Å². The van der Waals surface area contributed by atoms with E-state index in [-0.39, 0.29) is 28.0 Å². The van der Waals surface area contributed by atoms with E-state index in [2.05, 4.69) is 16.0 Å². The van der Waals surface area contributed by atoms with Crippen molar-refractivity contribution in [2.24, 2.45) is 4.99 Å². The predicted octanol–water partition coefficient (Wildman–Crippen LogP) is 3.90. The first-order valence-corrected chi connectivity index (χ1v) is 10.3. The molecule has 0 aliphatic rings. The lowest BCUT2D eigenvalue weighted by Crippen LogP contribution is -2.30. The third-order valence-corrected chi connectivity index (χ3v) is 5.13. The standard InChI is InChI=1S/C24H18ClN5O2/c1-15(2)30-22(28-21(31)11-8-16-6-9-18(25)10-7-16)17(14-26)13-19-23(30)27-20-5-3-4-12-29(20)24(19)32/h3-13,15H,1-2H3. The summed E-state index contributed by atoms with van der Waals surface area (Å²) in [5.41, 5.74) is 1.60. The molecule has 32 heavy (non-hydrogen) atoms. The number of amides is 1. The van der Waals surface area contributed by atoms with Crippen molar-refractivity contribution in [3.63, 3.8) is 0 Å². The van der Waals surface area contributed by atoms with Crippen molar-refractivity contribution in [2.45, 2.75) is 19.9 Å². The summed E-state index contributed by atoms with van der Waals surface area (Å²) in [6, 6.07) is 15.5. The SMILES string of the molecule is CC(C)n1c(=NC(=O)C=Cc2ccc(Cl)cc2)c(C#N)cc2c(=O)n3ccccc3nc21. The lowest BCUT2D eigenvalue weighted by atomic mass is 10.2. The molecule has 0 spiro atoms. The maximum atomic E-state index is 13.0. The molecule has 0 N–H and O–H groups in total. The van der Waals surface area contributed by atoms with Crippen LogP contribution in [-0.2, 0) is 4.79 Å². The van der Waals surface area contributed by atoms with Gasteiger partial charge in [-0.2, -0.15) is 10.3 Å². The molecule has 3 heterocycles. The van der Waals surface area contributed by atoms with E-state index >= 15 is 0 Å². The number of nitrogens with zero attached hydrogens (tertiary/aromatic N) is 5. The predicted molar refractivity (Wildman–Crippen MR) is 123 cm³/mol. The summed E-state index contributed by atoms with van der Waals surface area (Å²) < 4.78 is 3.07. The van der Waals surface area contributed by atoms with Gasteiger partial charge in [0, 0.05) is 23.3 Å². The van der Waals surface area contributed by atoms with Crippen molar-refractivity contribution in [2.75, 3.05) is 0 Å². The highest BCUT2D eigenvalue weighted by molar-refractivity contribution is 6.30. The number of hydrogen-bond acceptors (Lipinski definition) is 4. The van der Waals surface area contributed by atoms with E-state index in [1.54, 1.807) is 59.3 Å². The van der Waals surface area contributed by atoms with Gasteiger partial charge in [-0.3, -0.25) is 14.0 Å². The number of benzene rings is 1. The quantitative estimate of drug-likeness (QED) is 0.354. The van der Waals surface area contributed by atoms with Gasteiger partial charge >= 0.3 is 0 Å². The molecule has 158 valence electrons. The number of pyridine rings is 2. The van der Waals surface area contributed by atoms with Crippen molar-refractivity contribution >= 4 is 40.3 Å². The Bertz CT molecular complexity index is 1550. The van der Waals surface area contributed by atoms with E-state index in [0.29, 0.717) is 16.3 Å². The molecule has 7 nitrogen and oxygen atoms in total. The topological polar surface area (TPSA) is 92.5 Å². The lowest BCUT2D eigenvalue weighted by molar-refractivity contribution is -0.113. The van der Waals surface area contributed by atoms with Crippen molar-refractivity contribution < 1.29 is 4.79 Å². The molecule has 0 saturated heterocycles. The first-order chi connectivity index (χ1) is 15.4. The van der Waals surface area contributed by atoms with Crippen LogP contribution < -0.4 is 11.0 Å². The summed E-state index contributed by atoms with van der Waals surface area (Å²) in [6.45, 7) is 3.75. The smallest absolute Gasteiger partial charge is 0.271 e. The monoisotopic (exact) mass is 443 g/mol. The highest BCUT2D eigenvalue weighted by Crippen LogP contribution is 2.14. The Labute approximate surface area is 188 Å². The summed E-state index contributed by atoms with van der Waals surface area (Å²) in [6.07, 6.45) is 4.56. The number of aromatic nitrogens is 3. The summed E-state index contributed by atoms with van der Waals surface area (Å²) in [5, 5.41) is 10.6. The van der Waals surface area contributed by atoms with Crippen molar-refractivity contribution in [1.29, 1.82) is 5.26 Å². The molecule has 0 fully saturated rings. The average Bonchev–Trinajstić information content (AvgIpc) is 2.78. The summed E-state index contributed by atoms with van der Waals surface area (Å²) in [5.74, 6) is -0.539. The van der Waals surface area contributed by atoms with E-state index in [1.165, 1.54) is 16.5 Å². The number of hydrogen-bond donors (Lipinski definition) is 0. The first-order valence-electron chi connectivity index (χ1n) is 9.88. The Morgan fingerprint density at radius 2 is 1.97 bits per heavy atom. The summed E-state index contributed by atoms with van der Waals surface area (Å²) in [4.78, 5) is 34.5. The van der Waals surface area contributed by atoms with Crippen LogP contribution in [0.2, 0.25) is 5.02 Å². The number of nitriles is 1. The first kappa shape index (κ1) is 21.2. The molecule has 0 bridgehead atoms. The number of halogens is 1. The van der Waals surface area contributed by atoms with Crippen molar-refractivity contribution in [1.82, 2.24) is 14.0 Å². The van der Waals surface area contributed by atoms with Gasteiger partial charge < -0.3 is 4.57 Å². The molecule has 4 rings (SSSR count). The lowest BCUT2D eigenvalue weighted by Gasteiger charge is -2.16. The van der Waals surface area contributed by atoms with Crippen LogP contribution in [-0.4, -0.2) is 19.9 Å². The van der Waals surface area contributed by atoms with Crippen molar-refractivity contribution in [3.8, 4) is 6.07 Å². The van der Waals surface area contributed by atoms with Gasteiger partial charge in [0.1, 0.15) is 17.4 Å². The van der Waals surface area contributed by atoms with Gasteiger partial charge in [0.25, 0.3) is 11.5 Å². The minimum absolute atomic E-state index is 0.120. The minimum Gasteiger partial charge on any atom is -0.306 e. The van der Waals surface area contributed by atoms with Crippen LogP contribution in [0, 0.1) is 11.3 Å². The van der Waals surface area contributed by atoms with E-state index in [9.17, 15) is 14.9 Å². The van der Waals surface area contributed by atoms with Crippen LogP contribution >= 0.6 is 11.6 Å². The van der Waals surface area contributed by atoms with Crippen LogP contribution in [0.5, 0.6) is 0 Å². The Morgan fingerprint density at radius 1 is 1.22 bits per heavy atom. The zero-order chi connectivity index (χ0) is 22.8. The molecule has 0 unspecified atom stereocenters. The molecule has 4 aromatic rings. The average molecular weight is 444 g/mol. The molecule has 3 aromatic heterocycles. The molecule has 1 aromatic carbocycles. The van der Waals surface area contributed by atoms with E-state index < -0.39 is 5.91 Å². The molecule has 1 amide bonds. The second-order valence-electron chi connectivity index (χ2n) is 7.38. The van der Waals surface area contributed by atoms with Gasteiger partial charge in [0.2, 0.25) is 0 Å². The third-order valence-electron chi connectivity index (χ3n) is 4.88. The number of carbonyl (C=O) groups is 1. The third kappa shape index (κ3) is 3.96. The fraction of sp³-hybridized carbons (Fsp3) is 0.125. The molecule has 0 radical (unpaired) electrons. The summed E-state index contributed by atoms with van der Waals surface area (Å²) >= 11 is 5.88. The Kier molecular flexibility index (Phi) is 5.71. The Morgan fingerprint density at radius 3 is 2.66 bits per heavy atom. The highest BCUT2D eigenvalue weighted by Gasteiger charge is 2.16. The van der Waals surface area contributed by atoms with E-state index in [0.717, 1.165) is 5.56 Å². The molecule has 0 atom stereocenters. The molecule has 0 aliphatic carbocycles. The molecule has 0 aliphatic heterocycles. The van der Waals surface area contributed by atoms with E-state index in [4.69, 9.17) is 11.6 Å². The van der Waals surface area contributed by atoms with Crippen LogP contribution in [0.15, 0.2) is 70.6 Å². The number of rotatable bonds is 3. The fourth-order valence-electron chi connectivity index (χ4n) is 3.41. The van der Waals surface area contributed by atoms with Gasteiger partial charge in [-0.1, -0.05) is 29.8 Å². The second-order valence-corrected chi connectivity index (χ2v) is 7.81. The van der Waals surface area contributed by atoms with Crippen LogP contribution in [0.3, 0.4) is 0 Å². The van der Waals surface area contributed by atoms with Gasteiger partial charge in [-0.05, 0) is 55.8 Å². The zero-order valence-electron chi connectivity index (χ0n) is 17.4. The Balaban J connectivity index is 1.95. The van der Waals surface area contributed by atoms with E-state index in [1.807, 2.05) is 13.8 Å². The maximum absolute atomic E-state index is 13.0. The van der Waals surface area contributed by atoms with Crippen molar-refractivity contribution in [3.05, 3.63) is 92.8 Å².